The van der Waals surface area contributed by atoms with Crippen LogP contribution in [0.2, 0.25) is 0 Å². The number of aliphatic hydroxyl groups excluding tert-OH is 1. The average molecular weight is 266 g/mol. The second-order valence-corrected chi connectivity index (χ2v) is 4.77. The second kappa shape index (κ2) is 7.68. The molecule has 0 saturated heterocycles. The summed E-state index contributed by atoms with van der Waals surface area (Å²) in [5, 5.41) is 14.6. The number of aryl methyl sites for hydroxylation is 1. The Hall–Kier alpha value is -1.69. The van der Waals surface area contributed by atoms with Gasteiger partial charge in [0.2, 0.25) is 0 Å². The van der Waals surface area contributed by atoms with Crippen molar-refractivity contribution in [1.29, 1.82) is 0 Å². The Morgan fingerprint density at radius 1 is 1.37 bits per heavy atom. The highest BCUT2D eigenvalue weighted by atomic mass is 16.3. The highest BCUT2D eigenvalue weighted by Gasteiger charge is 2.08. The Balaban J connectivity index is 2.34. The largest absolute Gasteiger partial charge is 0.393 e. The van der Waals surface area contributed by atoms with E-state index in [1.54, 1.807) is 19.3 Å². The number of aromatic nitrogens is 2. The van der Waals surface area contributed by atoms with Gasteiger partial charge in [0.05, 0.1) is 24.2 Å². The van der Waals surface area contributed by atoms with Crippen LogP contribution in [0.4, 0.5) is 10.5 Å². The highest BCUT2D eigenvalue weighted by molar-refractivity contribution is 5.88. The first-order valence-corrected chi connectivity index (χ1v) is 6.55. The minimum absolute atomic E-state index is 0.226. The van der Waals surface area contributed by atoms with E-state index in [0.29, 0.717) is 18.7 Å². The first-order valence-electron chi connectivity index (χ1n) is 6.55. The molecule has 19 heavy (non-hydrogen) atoms. The predicted molar refractivity (Wildman–Crippen MR) is 73.9 cm³/mol. The number of urea groups is 1. The molecular formula is C13H22N4O2. The maximum absolute atomic E-state index is 11.6. The van der Waals surface area contributed by atoms with E-state index in [1.165, 1.54) is 0 Å². The summed E-state index contributed by atoms with van der Waals surface area (Å²) in [5.74, 6) is 0.973. The van der Waals surface area contributed by atoms with E-state index in [4.69, 9.17) is 0 Å². The van der Waals surface area contributed by atoms with Crippen molar-refractivity contribution in [3.8, 4) is 0 Å². The Labute approximate surface area is 113 Å². The number of anilines is 1. The fraction of sp³-hybridized carbons (Fsp3) is 0.615. The lowest BCUT2D eigenvalue weighted by Crippen LogP contribution is -2.33. The molecule has 106 valence electrons. The molecule has 2 amide bonds. The SMILES string of the molecule is CCc1ncc(NC(=O)NCC(C)CC(C)O)cn1. The number of carbonyl (C=O) groups excluding carboxylic acids is 1. The van der Waals surface area contributed by atoms with E-state index in [0.717, 1.165) is 12.2 Å². The van der Waals surface area contributed by atoms with Crippen molar-refractivity contribution < 1.29 is 9.90 Å². The van der Waals surface area contributed by atoms with Gasteiger partial charge in [0.15, 0.2) is 0 Å². The third-order valence-corrected chi connectivity index (χ3v) is 2.63. The maximum Gasteiger partial charge on any atom is 0.319 e. The quantitative estimate of drug-likeness (QED) is 0.729. The molecule has 6 heteroatoms. The molecule has 0 aliphatic heterocycles. The van der Waals surface area contributed by atoms with E-state index in [2.05, 4.69) is 20.6 Å². The van der Waals surface area contributed by atoms with Gasteiger partial charge in [-0.1, -0.05) is 13.8 Å². The number of nitrogens with zero attached hydrogens (tertiary/aromatic N) is 2. The van der Waals surface area contributed by atoms with Gasteiger partial charge in [-0.15, -0.1) is 0 Å². The molecule has 0 saturated carbocycles. The van der Waals surface area contributed by atoms with Crippen molar-refractivity contribution in [3.05, 3.63) is 18.2 Å². The van der Waals surface area contributed by atoms with Crippen molar-refractivity contribution in [2.24, 2.45) is 5.92 Å². The molecule has 0 aliphatic carbocycles. The van der Waals surface area contributed by atoms with Crippen LogP contribution in [0.25, 0.3) is 0 Å². The molecule has 2 unspecified atom stereocenters. The van der Waals surface area contributed by atoms with Gasteiger partial charge in [-0.2, -0.15) is 0 Å². The van der Waals surface area contributed by atoms with Gasteiger partial charge in [-0.05, 0) is 19.3 Å². The zero-order valence-corrected chi connectivity index (χ0v) is 11.7. The monoisotopic (exact) mass is 266 g/mol. The lowest BCUT2D eigenvalue weighted by molar-refractivity contribution is 0.163. The average Bonchev–Trinajstić information content (AvgIpc) is 2.36. The van der Waals surface area contributed by atoms with E-state index in [1.807, 2.05) is 13.8 Å². The number of rotatable bonds is 6. The summed E-state index contributed by atoms with van der Waals surface area (Å²) in [7, 11) is 0. The molecular weight excluding hydrogens is 244 g/mol. The van der Waals surface area contributed by atoms with Gasteiger partial charge in [0.25, 0.3) is 0 Å². The van der Waals surface area contributed by atoms with Crippen molar-refractivity contribution in [3.63, 3.8) is 0 Å². The number of hydrogen-bond acceptors (Lipinski definition) is 4. The summed E-state index contributed by atoms with van der Waals surface area (Å²) in [5.41, 5.74) is 0.567. The molecule has 1 rings (SSSR count). The third-order valence-electron chi connectivity index (χ3n) is 2.63. The Morgan fingerprint density at radius 2 is 2.00 bits per heavy atom. The van der Waals surface area contributed by atoms with Crippen LogP contribution >= 0.6 is 0 Å². The molecule has 1 heterocycles. The van der Waals surface area contributed by atoms with Gasteiger partial charge < -0.3 is 15.7 Å². The summed E-state index contributed by atoms with van der Waals surface area (Å²) >= 11 is 0. The van der Waals surface area contributed by atoms with E-state index >= 15 is 0 Å². The Morgan fingerprint density at radius 3 is 2.53 bits per heavy atom. The maximum atomic E-state index is 11.6. The summed E-state index contributed by atoms with van der Waals surface area (Å²) in [4.78, 5) is 19.8. The molecule has 0 fully saturated rings. The zero-order valence-electron chi connectivity index (χ0n) is 11.7. The fourth-order valence-electron chi connectivity index (χ4n) is 1.71. The van der Waals surface area contributed by atoms with Crippen molar-refractivity contribution >= 4 is 11.7 Å². The summed E-state index contributed by atoms with van der Waals surface area (Å²) in [6, 6.07) is -0.287. The van der Waals surface area contributed by atoms with Gasteiger partial charge in [0, 0.05) is 13.0 Å². The predicted octanol–water partition coefficient (Wildman–Crippen LogP) is 1.57. The molecule has 0 aliphatic rings. The van der Waals surface area contributed by atoms with Gasteiger partial charge >= 0.3 is 6.03 Å². The van der Waals surface area contributed by atoms with Crippen LogP contribution in [-0.2, 0) is 6.42 Å². The Kier molecular flexibility index (Phi) is 6.21. The molecule has 0 radical (unpaired) electrons. The van der Waals surface area contributed by atoms with Gasteiger partial charge in [-0.25, -0.2) is 14.8 Å². The van der Waals surface area contributed by atoms with Crippen LogP contribution < -0.4 is 10.6 Å². The standard InChI is InChI=1S/C13H22N4O2/c1-4-12-14-7-11(8-15-12)17-13(19)16-6-9(2)5-10(3)18/h7-10,18H,4-6H2,1-3H3,(H2,16,17,19). The van der Waals surface area contributed by atoms with Gasteiger partial charge in [0.1, 0.15) is 5.82 Å². The summed E-state index contributed by atoms with van der Waals surface area (Å²) < 4.78 is 0. The van der Waals surface area contributed by atoms with Crippen molar-refractivity contribution in [2.75, 3.05) is 11.9 Å². The molecule has 1 aromatic heterocycles. The van der Waals surface area contributed by atoms with E-state index in [-0.39, 0.29) is 18.1 Å². The smallest absolute Gasteiger partial charge is 0.319 e. The van der Waals surface area contributed by atoms with Crippen LogP contribution in [0.5, 0.6) is 0 Å². The zero-order chi connectivity index (χ0) is 14.3. The van der Waals surface area contributed by atoms with E-state index in [9.17, 15) is 9.90 Å². The van der Waals surface area contributed by atoms with Gasteiger partial charge in [-0.3, -0.25) is 0 Å². The van der Waals surface area contributed by atoms with Crippen molar-refractivity contribution in [1.82, 2.24) is 15.3 Å². The lowest BCUT2D eigenvalue weighted by Gasteiger charge is -2.14. The van der Waals surface area contributed by atoms with Crippen LogP contribution in [0.1, 0.15) is 33.0 Å². The highest BCUT2D eigenvalue weighted by Crippen LogP contribution is 2.05. The molecule has 0 aromatic carbocycles. The van der Waals surface area contributed by atoms with Crippen LogP contribution in [0, 0.1) is 5.92 Å². The molecule has 2 atom stereocenters. The van der Waals surface area contributed by atoms with Crippen molar-refractivity contribution in [2.45, 2.75) is 39.7 Å². The topological polar surface area (TPSA) is 87.1 Å². The molecule has 6 nitrogen and oxygen atoms in total. The number of amides is 2. The number of nitrogens with one attached hydrogen (secondary N) is 2. The van der Waals surface area contributed by atoms with E-state index < -0.39 is 0 Å². The second-order valence-electron chi connectivity index (χ2n) is 4.77. The molecule has 1 aromatic rings. The number of aliphatic hydroxyl groups is 1. The van der Waals surface area contributed by atoms with Crippen LogP contribution in [0.15, 0.2) is 12.4 Å². The first-order chi connectivity index (χ1) is 9.01. The molecule has 0 bridgehead atoms. The normalized spacial score (nSPS) is 13.7. The molecule has 0 spiro atoms. The first kappa shape index (κ1) is 15.4. The minimum Gasteiger partial charge on any atom is -0.393 e. The number of hydrogen-bond donors (Lipinski definition) is 3. The number of carbonyl (C=O) groups is 1. The summed E-state index contributed by atoms with van der Waals surface area (Å²) in [6.07, 6.45) is 4.25. The third kappa shape index (κ3) is 6.15. The van der Waals surface area contributed by atoms with Crippen LogP contribution in [-0.4, -0.2) is 33.8 Å². The summed E-state index contributed by atoms with van der Waals surface area (Å²) in [6.45, 7) is 6.21. The fourth-order valence-corrected chi connectivity index (χ4v) is 1.71. The molecule has 3 N–H and O–H groups in total. The Bertz CT molecular complexity index is 392. The lowest BCUT2D eigenvalue weighted by atomic mass is 10.1. The minimum atomic E-state index is -0.352. The van der Waals surface area contributed by atoms with Crippen LogP contribution in [0.3, 0.4) is 0 Å².